The lowest BCUT2D eigenvalue weighted by Gasteiger charge is -2.68. The molecule has 0 radical (unpaired) electrons. The summed E-state index contributed by atoms with van der Waals surface area (Å²) in [7, 11) is 0. The largest absolute Gasteiger partial charge is 0.462 e. The molecule has 4 rings (SSSR count). The third-order valence-electron chi connectivity index (χ3n) is 9.79. The van der Waals surface area contributed by atoms with E-state index in [-0.39, 0.29) is 24.5 Å². The van der Waals surface area contributed by atoms with Crippen LogP contribution < -0.4 is 0 Å². The van der Waals surface area contributed by atoms with Gasteiger partial charge in [0.1, 0.15) is 11.7 Å². The first-order valence-corrected chi connectivity index (χ1v) is 12.0. The topological polar surface area (TPSA) is 116 Å². The normalized spacial score (nSPS) is 47.9. The lowest BCUT2D eigenvalue weighted by molar-refractivity contribution is -0.255. The van der Waals surface area contributed by atoms with E-state index in [0.29, 0.717) is 12.0 Å². The molecule has 2 aliphatic heterocycles. The molecule has 0 aromatic heterocycles. The van der Waals surface area contributed by atoms with Crippen molar-refractivity contribution in [2.75, 3.05) is 0 Å². The van der Waals surface area contributed by atoms with Crippen LogP contribution in [0.4, 0.5) is 0 Å². The molecule has 0 spiro atoms. The lowest BCUT2D eigenvalue weighted by atomic mass is 9.36. The van der Waals surface area contributed by atoms with E-state index in [1.807, 2.05) is 13.8 Å². The number of Topliss-reactive ketones (excluding diaryl/α,β-unsaturated/α-hetero) is 1. The predicted octanol–water partition coefficient (Wildman–Crippen LogP) is 2.75. The van der Waals surface area contributed by atoms with Crippen LogP contribution in [0.25, 0.3) is 0 Å². The highest BCUT2D eigenvalue weighted by Gasteiger charge is 2.75. The Kier molecular flexibility index (Phi) is 5.41. The SMILES string of the molecule is C=C1CC2C3(C)C(O)CC(=O)OC(C)(C)C3CC(OC(C)=O)C2(C)C2C(=O)OC(C)C(=O)C12C. The van der Waals surface area contributed by atoms with Crippen molar-refractivity contribution in [1.82, 2.24) is 0 Å². The Morgan fingerprint density at radius 3 is 2.26 bits per heavy atom. The van der Waals surface area contributed by atoms with Crippen molar-refractivity contribution in [3.8, 4) is 0 Å². The number of hydrogen-bond donors (Lipinski definition) is 1. The third kappa shape index (κ3) is 2.99. The van der Waals surface area contributed by atoms with E-state index in [1.165, 1.54) is 6.92 Å². The van der Waals surface area contributed by atoms with Gasteiger partial charge in [-0.2, -0.15) is 0 Å². The Balaban J connectivity index is 1.98. The maximum atomic E-state index is 13.5. The van der Waals surface area contributed by atoms with E-state index in [9.17, 15) is 24.3 Å². The van der Waals surface area contributed by atoms with E-state index in [0.717, 1.165) is 0 Å². The van der Waals surface area contributed by atoms with Crippen molar-refractivity contribution in [3.63, 3.8) is 0 Å². The Morgan fingerprint density at radius 1 is 1.06 bits per heavy atom. The summed E-state index contributed by atoms with van der Waals surface area (Å²) in [6, 6.07) is 0. The summed E-state index contributed by atoms with van der Waals surface area (Å²) >= 11 is 0. The van der Waals surface area contributed by atoms with Crippen LogP contribution in [-0.4, -0.2) is 52.7 Å². The average Bonchev–Trinajstić information content (AvgIpc) is 2.75. The minimum atomic E-state index is -1.20. The molecule has 8 heteroatoms. The number of cyclic esters (lactones) is 2. The number of rotatable bonds is 1. The highest BCUT2D eigenvalue weighted by Crippen LogP contribution is 2.71. The number of allylic oxidation sites excluding steroid dienone is 1. The number of esters is 3. The summed E-state index contributed by atoms with van der Waals surface area (Å²) in [6.07, 6.45) is -2.31. The molecule has 9 unspecified atom stereocenters. The second-order valence-electron chi connectivity index (χ2n) is 11.9. The van der Waals surface area contributed by atoms with Crippen LogP contribution in [0.15, 0.2) is 12.2 Å². The zero-order chi connectivity index (χ0) is 25.6. The molecular formula is C26H36O8. The number of aliphatic hydroxyl groups is 1. The van der Waals surface area contributed by atoms with Gasteiger partial charge in [0.05, 0.1) is 23.9 Å². The molecule has 4 aliphatic rings. The fourth-order valence-corrected chi connectivity index (χ4v) is 8.15. The van der Waals surface area contributed by atoms with Crippen molar-refractivity contribution >= 4 is 23.7 Å². The molecule has 4 fully saturated rings. The zero-order valence-corrected chi connectivity index (χ0v) is 21.1. The van der Waals surface area contributed by atoms with Crippen molar-refractivity contribution in [3.05, 3.63) is 12.2 Å². The van der Waals surface area contributed by atoms with Crippen LogP contribution >= 0.6 is 0 Å². The molecule has 9 atom stereocenters. The molecule has 0 amide bonds. The molecule has 188 valence electrons. The van der Waals surface area contributed by atoms with Crippen LogP contribution in [-0.2, 0) is 33.4 Å². The van der Waals surface area contributed by atoms with Crippen LogP contribution in [0.2, 0.25) is 0 Å². The van der Waals surface area contributed by atoms with Crippen LogP contribution in [0.3, 0.4) is 0 Å². The van der Waals surface area contributed by atoms with Gasteiger partial charge in [0.2, 0.25) is 0 Å². The van der Waals surface area contributed by atoms with Crippen molar-refractivity contribution in [2.45, 2.75) is 91.6 Å². The number of aliphatic hydroxyl groups excluding tert-OH is 1. The monoisotopic (exact) mass is 476 g/mol. The van der Waals surface area contributed by atoms with Gasteiger partial charge in [0, 0.05) is 23.7 Å². The maximum Gasteiger partial charge on any atom is 0.311 e. The van der Waals surface area contributed by atoms with Crippen molar-refractivity contribution in [2.24, 2.45) is 34.0 Å². The Bertz CT molecular complexity index is 983. The molecule has 2 saturated heterocycles. The number of ketones is 1. The fourth-order valence-electron chi connectivity index (χ4n) is 8.15. The van der Waals surface area contributed by atoms with Gasteiger partial charge < -0.3 is 19.3 Å². The van der Waals surface area contributed by atoms with Gasteiger partial charge in [-0.3, -0.25) is 19.2 Å². The molecule has 2 aliphatic carbocycles. The van der Waals surface area contributed by atoms with E-state index in [1.54, 1.807) is 27.7 Å². The Labute approximate surface area is 200 Å². The van der Waals surface area contributed by atoms with Crippen LogP contribution in [0, 0.1) is 34.0 Å². The van der Waals surface area contributed by atoms with Crippen molar-refractivity contribution < 1.29 is 38.5 Å². The van der Waals surface area contributed by atoms with Crippen LogP contribution in [0.1, 0.15) is 67.7 Å². The summed E-state index contributed by atoms with van der Waals surface area (Å²) in [5, 5.41) is 11.5. The summed E-state index contributed by atoms with van der Waals surface area (Å²) in [5.41, 5.74) is -3.50. The lowest BCUT2D eigenvalue weighted by Crippen LogP contribution is -2.72. The quantitative estimate of drug-likeness (QED) is 0.349. The van der Waals surface area contributed by atoms with Crippen LogP contribution in [0.5, 0.6) is 0 Å². The van der Waals surface area contributed by atoms with E-state index < -0.39 is 69.9 Å². The smallest absolute Gasteiger partial charge is 0.311 e. The number of carbonyl (C=O) groups excluding carboxylic acids is 4. The summed E-state index contributed by atoms with van der Waals surface area (Å²) in [5.74, 6) is -3.53. The highest BCUT2D eigenvalue weighted by molar-refractivity contribution is 6.00. The van der Waals surface area contributed by atoms with E-state index in [2.05, 4.69) is 6.58 Å². The van der Waals surface area contributed by atoms with Gasteiger partial charge in [-0.25, -0.2) is 0 Å². The second kappa shape index (κ2) is 7.39. The van der Waals surface area contributed by atoms with E-state index in [4.69, 9.17) is 14.2 Å². The first kappa shape index (κ1) is 24.9. The first-order valence-electron chi connectivity index (χ1n) is 12.0. The predicted molar refractivity (Wildman–Crippen MR) is 120 cm³/mol. The van der Waals surface area contributed by atoms with Gasteiger partial charge in [0.25, 0.3) is 0 Å². The molecule has 8 nitrogen and oxygen atoms in total. The minimum absolute atomic E-state index is 0.184. The molecular weight excluding hydrogens is 440 g/mol. The number of ether oxygens (including phenoxy) is 3. The maximum absolute atomic E-state index is 13.5. The molecule has 1 N–H and O–H groups in total. The first-order chi connectivity index (χ1) is 15.5. The van der Waals surface area contributed by atoms with Gasteiger partial charge in [-0.05, 0) is 46.5 Å². The number of fused-ring (bicyclic) bond motifs is 5. The Hall–Kier alpha value is -2.22. The van der Waals surface area contributed by atoms with Crippen molar-refractivity contribution in [1.29, 1.82) is 0 Å². The Morgan fingerprint density at radius 2 is 1.68 bits per heavy atom. The molecule has 0 bridgehead atoms. The van der Waals surface area contributed by atoms with Gasteiger partial charge >= 0.3 is 17.9 Å². The molecule has 34 heavy (non-hydrogen) atoms. The van der Waals surface area contributed by atoms with Gasteiger partial charge in [-0.15, -0.1) is 0 Å². The average molecular weight is 477 g/mol. The van der Waals surface area contributed by atoms with Gasteiger partial charge in [-0.1, -0.05) is 26.0 Å². The summed E-state index contributed by atoms with van der Waals surface area (Å²) in [6.45, 7) is 16.3. The summed E-state index contributed by atoms with van der Waals surface area (Å²) in [4.78, 5) is 51.8. The zero-order valence-electron chi connectivity index (χ0n) is 21.1. The minimum Gasteiger partial charge on any atom is -0.462 e. The molecule has 2 heterocycles. The van der Waals surface area contributed by atoms with Gasteiger partial charge in [0.15, 0.2) is 11.9 Å². The number of hydrogen-bond acceptors (Lipinski definition) is 8. The van der Waals surface area contributed by atoms with E-state index >= 15 is 0 Å². The second-order valence-corrected chi connectivity index (χ2v) is 11.9. The third-order valence-corrected chi connectivity index (χ3v) is 9.79. The molecule has 0 aromatic rings. The fraction of sp³-hybridized carbons (Fsp3) is 0.769. The number of carbonyl (C=O) groups is 4. The standard InChI is InChI=1S/C26H36O8/c1-12-9-16-25(7)15(23(4,5)34-19(29)11-17(25)28)10-18(33-14(3)27)26(16,8)20-22(31)32-13(2)21(30)24(12,20)6/h13,15-18,20,28H,1,9-11H2,2-8H3. The highest BCUT2D eigenvalue weighted by atomic mass is 16.6. The summed E-state index contributed by atoms with van der Waals surface area (Å²) < 4.78 is 17.2. The molecule has 0 aromatic carbocycles. The molecule has 2 saturated carbocycles.